The van der Waals surface area contributed by atoms with Crippen molar-refractivity contribution in [1.82, 2.24) is 66.8 Å². The zero-order chi connectivity index (χ0) is 64.4. The minimum atomic E-state index is -1.49. The van der Waals surface area contributed by atoms with Crippen LogP contribution in [0, 0.1) is 12.8 Å². The van der Waals surface area contributed by atoms with E-state index in [9.17, 15) is 48.6 Å². The maximum absolute atomic E-state index is 14.9. The number of hydrogen-bond acceptors (Lipinski definition) is 24. The summed E-state index contributed by atoms with van der Waals surface area (Å²) in [4.78, 5) is 142. The summed E-state index contributed by atoms with van der Waals surface area (Å²) in [5.74, 6) is -7.31. The largest absolute Gasteiger partial charge is 0.508 e. The predicted octanol–water partition coefficient (Wildman–Crippen LogP) is 6.56. The Kier molecular flexibility index (Phi) is 18.5. The average molecular weight is 1340 g/mol. The SMILES string of the molecule is C=C(NC(=O)C(=C)NC(=O)c1csc(-c2ccc3c(n2)-c2csc(n2)-c2csc(n2)[C@H]([C@@H](C)[C@@H]2CO2)NC(=O)[C@H](Cc2ccc(O)cc2)NC(=O)c2csc(n2)[C@H]([C@H](O)c2ccccc2)NC(=O)c2nc(sc2C)[C@H](CC(N)=O)NC(=O)c2csc-3n2)n1)C(=O)O. The number of aliphatic hydroxyl groups is 1. The number of aliphatic hydroxyl groups excluding tert-OH is 1. The second-order valence-corrected chi connectivity index (χ2v) is 26.2. The van der Waals surface area contributed by atoms with E-state index >= 15 is 0 Å². The molecule has 7 aromatic heterocycles. The first kappa shape index (κ1) is 62.9. The monoisotopic (exact) mass is 1340 g/mol. The zero-order valence-electron chi connectivity index (χ0n) is 47.5. The molecular formula is C59H50N14O12S6. The summed E-state index contributed by atoms with van der Waals surface area (Å²) in [5, 5.41) is 56.9. The normalized spacial score (nSPS) is 18.3. The van der Waals surface area contributed by atoms with Gasteiger partial charge in [-0.2, -0.15) is 0 Å². The first-order chi connectivity index (χ1) is 43.6. The number of fused-ring (bicyclic) bond motifs is 14. The van der Waals surface area contributed by atoms with Crippen molar-refractivity contribution >= 4 is 115 Å². The van der Waals surface area contributed by atoms with E-state index in [1.54, 1.807) is 72.3 Å². The fourth-order valence-corrected chi connectivity index (χ4v) is 14.6. The molecule has 11 N–H and O–H groups in total. The number of carboxylic acid groups (broad SMARTS) is 1. The van der Waals surface area contributed by atoms with E-state index in [1.165, 1.54) is 50.9 Å². The molecule has 0 unspecified atom stereocenters. The minimum Gasteiger partial charge on any atom is -0.508 e. The number of hydrogen-bond donors (Lipinski definition) is 10. The Bertz CT molecular complexity index is 4360. The lowest BCUT2D eigenvalue weighted by molar-refractivity contribution is -0.134. The minimum absolute atomic E-state index is 0.00928. The summed E-state index contributed by atoms with van der Waals surface area (Å²) in [6, 6.07) is 13.5. The summed E-state index contributed by atoms with van der Waals surface area (Å²) in [5.41, 5.74) is 6.92. The molecule has 2 aliphatic rings. The van der Waals surface area contributed by atoms with Crippen LogP contribution in [0.3, 0.4) is 0 Å². The molecule has 7 amide bonds. The number of aromatic nitrogens is 7. The van der Waals surface area contributed by atoms with Gasteiger partial charge in [-0.15, -0.1) is 68.0 Å². The van der Waals surface area contributed by atoms with Gasteiger partial charge in [0.1, 0.15) is 99.5 Å². The van der Waals surface area contributed by atoms with E-state index in [0.717, 1.165) is 45.3 Å². The Morgan fingerprint density at radius 2 is 1.29 bits per heavy atom. The van der Waals surface area contributed by atoms with E-state index < -0.39 is 95.4 Å². The molecule has 7 atom stereocenters. The maximum Gasteiger partial charge on any atom is 0.351 e. The van der Waals surface area contributed by atoms with Crippen molar-refractivity contribution in [1.29, 1.82) is 0 Å². The van der Waals surface area contributed by atoms with E-state index in [2.05, 4.69) is 54.7 Å². The van der Waals surface area contributed by atoms with Crippen LogP contribution in [0.1, 0.15) is 111 Å². The zero-order valence-corrected chi connectivity index (χ0v) is 52.4. The number of thiazole rings is 6. The van der Waals surface area contributed by atoms with Crippen LogP contribution in [0.25, 0.3) is 43.4 Å². The molecule has 11 rings (SSSR count). The summed E-state index contributed by atoms with van der Waals surface area (Å²) >= 11 is 6.64. The third-order valence-electron chi connectivity index (χ3n) is 14.2. The van der Waals surface area contributed by atoms with E-state index in [4.69, 9.17) is 35.5 Å². The van der Waals surface area contributed by atoms with Crippen molar-refractivity contribution in [3.05, 3.63) is 172 Å². The molecule has 91 heavy (non-hydrogen) atoms. The topological polar surface area (TPSA) is 398 Å². The lowest BCUT2D eigenvalue weighted by Gasteiger charge is -2.26. The quantitative estimate of drug-likeness (QED) is 0.0407. The van der Waals surface area contributed by atoms with Crippen molar-refractivity contribution in [3.8, 4) is 49.1 Å². The number of ether oxygens (including phenoxy) is 1. The number of benzene rings is 2. The molecule has 2 aromatic carbocycles. The van der Waals surface area contributed by atoms with Crippen molar-refractivity contribution in [2.45, 2.75) is 63.1 Å². The smallest absolute Gasteiger partial charge is 0.351 e. The van der Waals surface area contributed by atoms with Gasteiger partial charge in [0.25, 0.3) is 29.5 Å². The number of rotatable bonds is 14. The van der Waals surface area contributed by atoms with Crippen LogP contribution in [-0.2, 0) is 30.3 Å². The Labute approximate surface area is 539 Å². The van der Waals surface area contributed by atoms with Crippen LogP contribution in [0.5, 0.6) is 5.75 Å². The van der Waals surface area contributed by atoms with Crippen LogP contribution in [-0.4, -0.2) is 116 Å². The Morgan fingerprint density at radius 1 is 0.659 bits per heavy atom. The second kappa shape index (κ2) is 26.8. The maximum atomic E-state index is 14.9. The van der Waals surface area contributed by atoms with Gasteiger partial charge in [-0.05, 0) is 42.3 Å². The number of phenolic OH excluding ortho intramolecular Hbond substituents is 1. The van der Waals surface area contributed by atoms with Crippen LogP contribution in [0.4, 0.5) is 0 Å². The highest BCUT2D eigenvalue weighted by Gasteiger charge is 2.40. The Hall–Kier alpha value is -9.67. The lowest BCUT2D eigenvalue weighted by Crippen LogP contribution is -2.50. The summed E-state index contributed by atoms with van der Waals surface area (Å²) in [7, 11) is 0. The number of nitrogens with zero attached hydrogens (tertiary/aromatic N) is 7. The Morgan fingerprint density at radius 3 is 2.00 bits per heavy atom. The van der Waals surface area contributed by atoms with Gasteiger partial charge < -0.3 is 57.7 Å². The second-order valence-electron chi connectivity index (χ2n) is 20.6. The van der Waals surface area contributed by atoms with Crippen molar-refractivity contribution in [2.24, 2.45) is 11.7 Å². The number of phenols is 1. The average Bonchev–Trinajstić information content (AvgIpc) is 1.74. The third kappa shape index (κ3) is 14.3. The molecular weight excluding hydrogens is 1290 g/mol. The van der Waals surface area contributed by atoms with Crippen molar-refractivity contribution < 1.29 is 58.4 Å². The molecule has 0 saturated carbocycles. The number of carbonyl (C=O) groups excluding carboxylic acids is 7. The fraction of sp³-hybridized carbons (Fsp3) is 0.203. The molecule has 1 fully saturated rings. The molecule has 0 aliphatic carbocycles. The fourth-order valence-electron chi connectivity index (χ4n) is 9.32. The molecule has 1 saturated heterocycles. The highest BCUT2D eigenvalue weighted by molar-refractivity contribution is 7.15. The number of carboxylic acids is 1. The number of carbonyl (C=O) groups is 8. The molecule has 0 radical (unpaired) electrons. The number of nitrogens with one attached hydrogen (secondary N) is 6. The van der Waals surface area contributed by atoms with Gasteiger partial charge in [0, 0.05) is 49.7 Å². The number of amides is 7. The molecule has 10 bridgehead atoms. The van der Waals surface area contributed by atoms with Gasteiger partial charge in [-0.1, -0.05) is 62.5 Å². The van der Waals surface area contributed by atoms with Gasteiger partial charge in [-0.25, -0.2) is 39.7 Å². The van der Waals surface area contributed by atoms with Crippen LogP contribution in [0.15, 0.2) is 118 Å². The highest BCUT2D eigenvalue weighted by atomic mass is 32.1. The van der Waals surface area contributed by atoms with Crippen LogP contribution in [0.2, 0.25) is 0 Å². The van der Waals surface area contributed by atoms with Crippen molar-refractivity contribution in [3.63, 3.8) is 0 Å². The number of aromatic hydroxyl groups is 1. The van der Waals surface area contributed by atoms with Gasteiger partial charge >= 0.3 is 5.97 Å². The highest BCUT2D eigenvalue weighted by Crippen LogP contribution is 2.41. The Balaban J connectivity index is 0.984. The van der Waals surface area contributed by atoms with E-state index in [1.807, 2.05) is 12.2 Å². The van der Waals surface area contributed by atoms with Crippen molar-refractivity contribution in [2.75, 3.05) is 6.61 Å². The summed E-state index contributed by atoms with van der Waals surface area (Å²) in [6.45, 7) is 10.7. The molecule has 2 aliphatic heterocycles. The van der Waals surface area contributed by atoms with E-state index in [-0.39, 0.29) is 73.4 Å². The van der Waals surface area contributed by atoms with E-state index in [0.29, 0.717) is 54.6 Å². The van der Waals surface area contributed by atoms with Crippen LogP contribution < -0.4 is 37.6 Å². The molecule has 9 aromatic rings. The lowest BCUT2D eigenvalue weighted by atomic mass is 9.97. The first-order valence-electron chi connectivity index (χ1n) is 27.3. The number of nitrogens with two attached hydrogens (primary N) is 1. The van der Waals surface area contributed by atoms with Gasteiger partial charge in [-0.3, -0.25) is 33.6 Å². The number of pyridine rings is 1. The number of aryl methyl sites for hydroxylation is 1. The summed E-state index contributed by atoms with van der Waals surface area (Å²) in [6.07, 6.45) is -2.13. The predicted molar refractivity (Wildman–Crippen MR) is 338 cm³/mol. The number of primary amides is 1. The van der Waals surface area contributed by atoms with Crippen LogP contribution >= 0.6 is 68.0 Å². The first-order valence-corrected chi connectivity index (χ1v) is 32.5. The molecule has 464 valence electrons. The van der Waals surface area contributed by atoms with Gasteiger partial charge in [0.15, 0.2) is 0 Å². The molecule has 0 spiro atoms. The van der Waals surface area contributed by atoms with Gasteiger partial charge in [0.2, 0.25) is 11.8 Å². The number of aliphatic carboxylic acids is 1. The molecule has 9 heterocycles. The standard InChI is InChI=1S/C59H50N14O12S6/c1-24(40-18-85-40)42-57-70-39(23-90-57)55-66-35(19-87-55)44-31(14-15-32(63-44)54-68-36(21-88-54)49(79)61-25(2)47(77)62-26(3)59(83)84)53-67-37(20-86-53)51(81)65-34(17-41(60)75)56-73-43(27(4)91-56)52(82)72-45(46(76)29-8-6-5-7-9-29)58-69-38(22-89-58)50(80)64-33(48(78)71-42)16-28-10-12-30(74)13-11-28/h5-15,19-24,33-34,40,42,45-46,74,76H,2-3,16-18H2,1,4H3,(H2,60,75)(H,61,79)(H,62,77)(H,64,80)(H,65,81)(H,71,78)(H,72,82)(H,83,84)/t24-,33-,34-,40-,42-,45-,46+/m0/s1. The number of epoxide rings is 1. The summed E-state index contributed by atoms with van der Waals surface area (Å²) < 4.78 is 5.75. The van der Waals surface area contributed by atoms with Gasteiger partial charge in [0.05, 0.1) is 42.6 Å². The molecule has 32 heteroatoms. The third-order valence-corrected chi connectivity index (χ3v) is 19.7. The molecule has 26 nitrogen and oxygen atoms in total.